The van der Waals surface area contributed by atoms with Gasteiger partial charge in [-0.25, -0.2) is 9.59 Å². The predicted molar refractivity (Wildman–Crippen MR) is 110 cm³/mol. The lowest BCUT2D eigenvalue weighted by Crippen LogP contribution is -2.44. The van der Waals surface area contributed by atoms with Crippen LogP contribution in [0.25, 0.3) is 0 Å². The van der Waals surface area contributed by atoms with Crippen molar-refractivity contribution < 1.29 is 24.6 Å². The number of likely N-dealkylation sites (tertiary alicyclic amines) is 2. The molecule has 1 unspecified atom stereocenters. The Labute approximate surface area is 176 Å². The van der Waals surface area contributed by atoms with Crippen molar-refractivity contribution in [3.05, 3.63) is 34.9 Å². The molecule has 3 rings (SSSR count). The molecule has 0 bridgehead atoms. The van der Waals surface area contributed by atoms with E-state index in [1.807, 2.05) is 12.1 Å². The fourth-order valence-electron chi connectivity index (χ4n) is 3.80. The summed E-state index contributed by atoms with van der Waals surface area (Å²) in [5.74, 6) is -3.06. The van der Waals surface area contributed by atoms with Gasteiger partial charge in [-0.1, -0.05) is 36.6 Å². The van der Waals surface area contributed by atoms with Gasteiger partial charge in [0.15, 0.2) is 0 Å². The standard InChI is InChI=1S/C19H27ClN2O.C2H2O4/c20-18-9-7-16(8-10-18)14-21-11-5-6-17(15-21)19(23)22-12-3-1-2-4-13-22;3-1(4)2(5)6/h7-10,17H,1-6,11-15H2;(H,3,4)(H,5,6). The van der Waals surface area contributed by atoms with Crippen LogP contribution in [0.3, 0.4) is 0 Å². The number of carboxylic acids is 2. The maximum atomic E-state index is 12.8. The van der Waals surface area contributed by atoms with E-state index in [1.165, 1.54) is 31.2 Å². The van der Waals surface area contributed by atoms with Crippen LogP contribution in [-0.2, 0) is 20.9 Å². The fraction of sp³-hybridized carbons (Fsp3) is 0.571. The molecule has 1 amide bonds. The number of aliphatic carboxylic acids is 2. The van der Waals surface area contributed by atoms with Crippen LogP contribution in [0.4, 0.5) is 0 Å². The quantitative estimate of drug-likeness (QED) is 0.723. The van der Waals surface area contributed by atoms with Crippen molar-refractivity contribution in [2.45, 2.75) is 45.1 Å². The van der Waals surface area contributed by atoms with E-state index in [2.05, 4.69) is 21.9 Å². The molecule has 2 aliphatic heterocycles. The average molecular weight is 425 g/mol. The van der Waals surface area contributed by atoms with Crippen LogP contribution in [0.5, 0.6) is 0 Å². The Balaban J connectivity index is 0.000000438. The number of carbonyl (C=O) groups is 3. The van der Waals surface area contributed by atoms with Crippen LogP contribution >= 0.6 is 11.6 Å². The second kappa shape index (κ2) is 11.8. The molecule has 1 atom stereocenters. The molecule has 160 valence electrons. The monoisotopic (exact) mass is 424 g/mol. The minimum Gasteiger partial charge on any atom is -0.473 e. The molecule has 2 saturated heterocycles. The summed E-state index contributed by atoms with van der Waals surface area (Å²) in [5.41, 5.74) is 1.28. The highest BCUT2D eigenvalue weighted by atomic mass is 35.5. The number of halogens is 1. The number of benzene rings is 1. The first kappa shape index (κ1) is 23.2. The molecule has 0 saturated carbocycles. The molecule has 8 heteroatoms. The van der Waals surface area contributed by atoms with E-state index in [0.717, 1.165) is 50.6 Å². The Hall–Kier alpha value is -2.12. The van der Waals surface area contributed by atoms with Gasteiger partial charge in [-0.15, -0.1) is 0 Å². The number of nitrogens with zero attached hydrogens (tertiary/aromatic N) is 2. The summed E-state index contributed by atoms with van der Waals surface area (Å²) in [7, 11) is 0. The van der Waals surface area contributed by atoms with Gasteiger partial charge in [0.2, 0.25) is 5.91 Å². The number of carboxylic acid groups (broad SMARTS) is 2. The summed E-state index contributed by atoms with van der Waals surface area (Å²) in [6.45, 7) is 4.84. The molecule has 2 N–H and O–H groups in total. The van der Waals surface area contributed by atoms with Crippen molar-refractivity contribution in [1.29, 1.82) is 0 Å². The largest absolute Gasteiger partial charge is 0.473 e. The number of piperidine rings is 1. The van der Waals surface area contributed by atoms with Gasteiger partial charge in [0.25, 0.3) is 0 Å². The maximum absolute atomic E-state index is 12.8. The number of hydrogen-bond donors (Lipinski definition) is 2. The molecule has 2 fully saturated rings. The van der Waals surface area contributed by atoms with Crippen molar-refractivity contribution in [2.75, 3.05) is 26.2 Å². The van der Waals surface area contributed by atoms with Gasteiger partial charge in [0.1, 0.15) is 0 Å². The van der Waals surface area contributed by atoms with Crippen molar-refractivity contribution >= 4 is 29.4 Å². The molecule has 1 aromatic carbocycles. The first-order valence-corrected chi connectivity index (χ1v) is 10.5. The highest BCUT2D eigenvalue weighted by molar-refractivity contribution is 6.30. The third kappa shape index (κ3) is 8.03. The Morgan fingerprint density at radius 3 is 2.03 bits per heavy atom. The van der Waals surface area contributed by atoms with Crippen LogP contribution in [0.2, 0.25) is 5.02 Å². The second-order valence-corrected chi connectivity index (χ2v) is 7.99. The van der Waals surface area contributed by atoms with E-state index < -0.39 is 11.9 Å². The molecular formula is C21H29ClN2O5. The predicted octanol–water partition coefficient (Wildman–Crippen LogP) is 3.11. The van der Waals surface area contributed by atoms with Gasteiger partial charge in [-0.2, -0.15) is 0 Å². The molecule has 29 heavy (non-hydrogen) atoms. The van der Waals surface area contributed by atoms with Crippen molar-refractivity contribution in [3.8, 4) is 0 Å². The van der Waals surface area contributed by atoms with Gasteiger partial charge in [-0.05, 0) is 49.9 Å². The highest BCUT2D eigenvalue weighted by Gasteiger charge is 2.29. The third-order valence-electron chi connectivity index (χ3n) is 5.27. The zero-order chi connectivity index (χ0) is 21.2. The van der Waals surface area contributed by atoms with E-state index in [1.54, 1.807) is 0 Å². The van der Waals surface area contributed by atoms with E-state index >= 15 is 0 Å². The Morgan fingerprint density at radius 2 is 1.48 bits per heavy atom. The molecule has 7 nitrogen and oxygen atoms in total. The van der Waals surface area contributed by atoms with Crippen LogP contribution in [0.1, 0.15) is 44.1 Å². The number of carbonyl (C=O) groups excluding carboxylic acids is 1. The minimum absolute atomic E-state index is 0.189. The van der Waals surface area contributed by atoms with Gasteiger partial charge in [0, 0.05) is 31.2 Å². The normalized spacial score (nSPS) is 20.2. The summed E-state index contributed by atoms with van der Waals surface area (Å²) in [6.07, 6.45) is 7.07. The summed E-state index contributed by atoms with van der Waals surface area (Å²) < 4.78 is 0. The van der Waals surface area contributed by atoms with E-state index in [-0.39, 0.29) is 5.92 Å². The Bertz CT molecular complexity index is 675. The minimum atomic E-state index is -1.82. The fourth-order valence-corrected chi connectivity index (χ4v) is 3.92. The van der Waals surface area contributed by atoms with Crippen molar-refractivity contribution in [2.24, 2.45) is 5.92 Å². The van der Waals surface area contributed by atoms with Crippen LogP contribution < -0.4 is 0 Å². The molecule has 0 spiro atoms. The Morgan fingerprint density at radius 1 is 0.897 bits per heavy atom. The zero-order valence-corrected chi connectivity index (χ0v) is 17.3. The number of amides is 1. The smallest absolute Gasteiger partial charge is 0.414 e. The third-order valence-corrected chi connectivity index (χ3v) is 5.53. The van der Waals surface area contributed by atoms with E-state index in [4.69, 9.17) is 31.4 Å². The summed E-state index contributed by atoms with van der Waals surface area (Å²) in [5, 5.41) is 15.6. The van der Waals surface area contributed by atoms with Gasteiger partial charge >= 0.3 is 11.9 Å². The zero-order valence-electron chi connectivity index (χ0n) is 16.6. The number of rotatable bonds is 3. The van der Waals surface area contributed by atoms with Crippen molar-refractivity contribution in [1.82, 2.24) is 9.80 Å². The summed E-state index contributed by atoms with van der Waals surface area (Å²) in [4.78, 5) is 35.6. The van der Waals surface area contributed by atoms with E-state index in [9.17, 15) is 4.79 Å². The van der Waals surface area contributed by atoms with Crippen LogP contribution in [0, 0.1) is 5.92 Å². The second-order valence-electron chi connectivity index (χ2n) is 7.55. The van der Waals surface area contributed by atoms with Crippen LogP contribution in [-0.4, -0.2) is 64.0 Å². The SMILES string of the molecule is O=C(C1CCCN(Cc2ccc(Cl)cc2)C1)N1CCCCCC1.O=C(O)C(=O)O. The lowest BCUT2D eigenvalue weighted by molar-refractivity contribution is -0.159. The van der Waals surface area contributed by atoms with Gasteiger partial charge < -0.3 is 15.1 Å². The topological polar surface area (TPSA) is 98.2 Å². The molecule has 0 aromatic heterocycles. The van der Waals surface area contributed by atoms with E-state index in [0.29, 0.717) is 5.91 Å². The first-order valence-electron chi connectivity index (χ1n) is 10.1. The molecule has 1 aromatic rings. The molecule has 0 aliphatic carbocycles. The lowest BCUT2D eigenvalue weighted by Gasteiger charge is -2.34. The van der Waals surface area contributed by atoms with Gasteiger partial charge in [0.05, 0.1) is 5.92 Å². The van der Waals surface area contributed by atoms with Gasteiger partial charge in [-0.3, -0.25) is 9.69 Å². The summed E-state index contributed by atoms with van der Waals surface area (Å²) >= 11 is 5.95. The molecule has 2 aliphatic rings. The average Bonchev–Trinajstić information content (AvgIpc) is 2.99. The Kier molecular flexibility index (Phi) is 9.41. The van der Waals surface area contributed by atoms with Crippen LogP contribution in [0.15, 0.2) is 24.3 Å². The molecule has 2 heterocycles. The lowest BCUT2D eigenvalue weighted by atomic mass is 9.96. The van der Waals surface area contributed by atoms with Crippen molar-refractivity contribution in [3.63, 3.8) is 0 Å². The maximum Gasteiger partial charge on any atom is 0.414 e. The number of hydrogen-bond acceptors (Lipinski definition) is 4. The molecular weight excluding hydrogens is 396 g/mol. The molecule has 0 radical (unpaired) electrons. The first-order chi connectivity index (χ1) is 13.9. The highest BCUT2D eigenvalue weighted by Crippen LogP contribution is 2.22. The summed E-state index contributed by atoms with van der Waals surface area (Å²) in [6, 6.07) is 8.06.